The summed E-state index contributed by atoms with van der Waals surface area (Å²) >= 11 is 1.57. The molecule has 1 fully saturated rings. The van der Waals surface area contributed by atoms with Crippen molar-refractivity contribution in [3.05, 3.63) is 51.1 Å². The summed E-state index contributed by atoms with van der Waals surface area (Å²) in [5, 5.41) is 9.32. The first-order valence-electron chi connectivity index (χ1n) is 8.63. The van der Waals surface area contributed by atoms with Crippen LogP contribution in [0.15, 0.2) is 32.8 Å². The minimum atomic E-state index is -0.201. The summed E-state index contributed by atoms with van der Waals surface area (Å²) in [4.78, 5) is 25.9. The Balaban J connectivity index is 1.49. The molecular formula is C18H20N4O3S. The highest BCUT2D eigenvalue weighted by Gasteiger charge is 2.30. The monoisotopic (exact) mass is 372 g/mol. The van der Waals surface area contributed by atoms with E-state index in [1.54, 1.807) is 35.8 Å². The third-order valence-corrected chi connectivity index (χ3v) is 5.28. The fourth-order valence-electron chi connectivity index (χ4n) is 3.03. The second-order valence-corrected chi connectivity index (χ2v) is 7.44. The Morgan fingerprint density at radius 3 is 2.85 bits per heavy atom. The molecule has 136 valence electrons. The molecule has 1 amide bonds. The van der Waals surface area contributed by atoms with Crippen LogP contribution in [0.5, 0.6) is 0 Å². The number of thiophene rings is 1. The molecule has 0 unspecified atom stereocenters. The normalized spacial score (nSPS) is 13.9. The molecule has 8 heteroatoms. The highest BCUT2D eigenvalue weighted by molar-refractivity contribution is 7.13. The number of rotatable bonds is 6. The van der Waals surface area contributed by atoms with E-state index in [0.717, 1.165) is 23.5 Å². The molecule has 3 aromatic rings. The number of aryl methyl sites for hydroxylation is 2. The molecule has 4 rings (SSSR count). The van der Waals surface area contributed by atoms with Crippen molar-refractivity contribution in [2.75, 3.05) is 6.54 Å². The van der Waals surface area contributed by atoms with Crippen molar-refractivity contribution < 1.29 is 9.21 Å². The van der Waals surface area contributed by atoms with Crippen LogP contribution >= 0.6 is 11.3 Å². The maximum absolute atomic E-state index is 12.7. The standard InChI is InChI=1S/C18H20N4O3S/c1-11-10-14(12(2)25-11)17(23)19-7-8-21-18(24)22(13-5-6-13)16(20-21)15-4-3-9-26-15/h3-4,9-10,13H,5-8H2,1-2H3,(H,19,23). The van der Waals surface area contributed by atoms with Gasteiger partial charge in [-0.25, -0.2) is 9.48 Å². The predicted molar refractivity (Wildman–Crippen MR) is 98.6 cm³/mol. The summed E-state index contributed by atoms with van der Waals surface area (Å²) in [5.74, 6) is 1.82. The fourth-order valence-corrected chi connectivity index (χ4v) is 3.73. The van der Waals surface area contributed by atoms with Gasteiger partial charge in [-0.15, -0.1) is 16.4 Å². The molecule has 0 saturated heterocycles. The summed E-state index contributed by atoms with van der Waals surface area (Å²) in [6.45, 7) is 4.23. The Morgan fingerprint density at radius 1 is 1.42 bits per heavy atom. The molecule has 1 aliphatic rings. The molecule has 7 nitrogen and oxygen atoms in total. The van der Waals surface area contributed by atoms with Crippen molar-refractivity contribution in [2.45, 2.75) is 39.3 Å². The Bertz CT molecular complexity index is 992. The van der Waals surface area contributed by atoms with Crippen molar-refractivity contribution in [2.24, 2.45) is 0 Å². The molecule has 0 bridgehead atoms. The van der Waals surface area contributed by atoms with Crippen LogP contribution in [0.3, 0.4) is 0 Å². The zero-order valence-corrected chi connectivity index (χ0v) is 15.5. The summed E-state index contributed by atoms with van der Waals surface area (Å²) in [6, 6.07) is 5.89. The number of amides is 1. The summed E-state index contributed by atoms with van der Waals surface area (Å²) in [6.07, 6.45) is 2.03. The van der Waals surface area contributed by atoms with Gasteiger partial charge in [-0.05, 0) is 44.2 Å². The van der Waals surface area contributed by atoms with Gasteiger partial charge in [-0.2, -0.15) is 0 Å². The molecule has 1 aliphatic carbocycles. The van der Waals surface area contributed by atoms with Gasteiger partial charge in [-0.3, -0.25) is 9.36 Å². The Hall–Kier alpha value is -2.61. The number of aromatic nitrogens is 3. The van der Waals surface area contributed by atoms with Crippen LogP contribution in [0.1, 0.15) is 40.8 Å². The van der Waals surface area contributed by atoms with E-state index < -0.39 is 0 Å². The topological polar surface area (TPSA) is 82.1 Å². The quantitative estimate of drug-likeness (QED) is 0.721. The van der Waals surface area contributed by atoms with Crippen LogP contribution in [0.4, 0.5) is 0 Å². The molecule has 3 heterocycles. The highest BCUT2D eigenvalue weighted by atomic mass is 32.1. The Morgan fingerprint density at radius 2 is 2.23 bits per heavy atom. The van der Waals surface area contributed by atoms with E-state index in [-0.39, 0.29) is 17.6 Å². The molecule has 1 N–H and O–H groups in total. The lowest BCUT2D eigenvalue weighted by molar-refractivity contribution is 0.0950. The van der Waals surface area contributed by atoms with Gasteiger partial charge in [0.2, 0.25) is 0 Å². The number of hydrogen-bond donors (Lipinski definition) is 1. The van der Waals surface area contributed by atoms with E-state index in [9.17, 15) is 9.59 Å². The average molecular weight is 372 g/mol. The van der Waals surface area contributed by atoms with Gasteiger partial charge in [-0.1, -0.05) is 6.07 Å². The maximum atomic E-state index is 12.7. The second-order valence-electron chi connectivity index (χ2n) is 6.49. The predicted octanol–water partition coefficient (Wildman–Crippen LogP) is 2.75. The lowest BCUT2D eigenvalue weighted by atomic mass is 10.2. The SMILES string of the molecule is Cc1cc(C(=O)NCCn2nc(-c3cccs3)n(C3CC3)c2=O)c(C)o1. The third kappa shape index (κ3) is 3.12. The summed E-state index contributed by atoms with van der Waals surface area (Å²) in [7, 11) is 0. The van der Waals surface area contributed by atoms with Crippen molar-refractivity contribution in [1.29, 1.82) is 0 Å². The Kier molecular flexibility index (Phi) is 4.28. The first-order valence-corrected chi connectivity index (χ1v) is 9.51. The van der Waals surface area contributed by atoms with Crippen molar-refractivity contribution in [1.82, 2.24) is 19.7 Å². The lowest BCUT2D eigenvalue weighted by Gasteiger charge is -2.03. The number of nitrogens with one attached hydrogen (secondary N) is 1. The number of carbonyl (C=O) groups is 1. The van der Waals surface area contributed by atoms with Crippen LogP contribution in [0.25, 0.3) is 10.7 Å². The third-order valence-electron chi connectivity index (χ3n) is 4.42. The van der Waals surface area contributed by atoms with E-state index in [0.29, 0.717) is 30.2 Å². The molecule has 0 aromatic carbocycles. The molecular weight excluding hydrogens is 352 g/mol. The summed E-state index contributed by atoms with van der Waals surface area (Å²) in [5.41, 5.74) is 0.415. The molecule has 26 heavy (non-hydrogen) atoms. The average Bonchev–Trinajstić information content (AvgIpc) is 3.03. The Labute approximate surface area is 154 Å². The smallest absolute Gasteiger partial charge is 0.346 e. The first kappa shape index (κ1) is 16.8. The fraction of sp³-hybridized carbons (Fsp3) is 0.389. The highest BCUT2D eigenvalue weighted by Crippen LogP contribution is 2.37. The van der Waals surface area contributed by atoms with Crippen LogP contribution in [0, 0.1) is 13.8 Å². The molecule has 0 atom stereocenters. The minimum absolute atomic E-state index is 0.111. The second kappa shape index (κ2) is 6.60. The van der Waals surface area contributed by atoms with E-state index in [4.69, 9.17) is 4.42 Å². The number of nitrogens with zero attached hydrogens (tertiary/aromatic N) is 3. The van der Waals surface area contributed by atoms with Crippen molar-refractivity contribution >= 4 is 17.2 Å². The van der Waals surface area contributed by atoms with Gasteiger partial charge < -0.3 is 9.73 Å². The number of hydrogen-bond acceptors (Lipinski definition) is 5. The zero-order chi connectivity index (χ0) is 18.3. The van der Waals surface area contributed by atoms with E-state index in [2.05, 4.69) is 10.4 Å². The molecule has 0 spiro atoms. The largest absolute Gasteiger partial charge is 0.466 e. The van der Waals surface area contributed by atoms with Crippen LogP contribution in [-0.4, -0.2) is 26.8 Å². The zero-order valence-electron chi connectivity index (χ0n) is 14.7. The number of furan rings is 1. The van der Waals surface area contributed by atoms with E-state index >= 15 is 0 Å². The van der Waals surface area contributed by atoms with Crippen LogP contribution in [0.2, 0.25) is 0 Å². The molecule has 0 aliphatic heterocycles. The number of carbonyl (C=O) groups excluding carboxylic acids is 1. The molecule has 3 aromatic heterocycles. The van der Waals surface area contributed by atoms with Crippen LogP contribution < -0.4 is 11.0 Å². The van der Waals surface area contributed by atoms with Crippen LogP contribution in [-0.2, 0) is 6.54 Å². The molecule has 0 radical (unpaired) electrons. The summed E-state index contributed by atoms with van der Waals surface area (Å²) < 4.78 is 8.62. The van der Waals surface area contributed by atoms with E-state index in [1.165, 1.54) is 4.68 Å². The lowest BCUT2D eigenvalue weighted by Crippen LogP contribution is -2.32. The maximum Gasteiger partial charge on any atom is 0.346 e. The van der Waals surface area contributed by atoms with Crippen molar-refractivity contribution in [3.63, 3.8) is 0 Å². The van der Waals surface area contributed by atoms with Gasteiger partial charge in [0, 0.05) is 12.6 Å². The minimum Gasteiger partial charge on any atom is -0.466 e. The van der Waals surface area contributed by atoms with Gasteiger partial charge in [0.15, 0.2) is 5.82 Å². The van der Waals surface area contributed by atoms with Gasteiger partial charge in [0.05, 0.1) is 17.0 Å². The van der Waals surface area contributed by atoms with Gasteiger partial charge in [0.25, 0.3) is 5.91 Å². The molecule has 1 saturated carbocycles. The van der Waals surface area contributed by atoms with E-state index in [1.807, 2.05) is 17.5 Å². The van der Waals surface area contributed by atoms with Gasteiger partial charge in [0.1, 0.15) is 11.5 Å². The van der Waals surface area contributed by atoms with Crippen molar-refractivity contribution in [3.8, 4) is 10.7 Å². The first-order chi connectivity index (χ1) is 12.5. The van der Waals surface area contributed by atoms with Gasteiger partial charge >= 0.3 is 5.69 Å².